The first-order valence-corrected chi connectivity index (χ1v) is 6.14. The molecule has 0 bridgehead atoms. The third-order valence-corrected chi connectivity index (χ3v) is 3.66. The molecule has 3 heterocycles. The van der Waals surface area contributed by atoms with Crippen LogP contribution in [-0.2, 0) is 4.79 Å². The quantitative estimate of drug-likeness (QED) is 0.737. The molecule has 1 unspecified atom stereocenters. The molecule has 1 amide bonds. The van der Waals surface area contributed by atoms with E-state index < -0.39 is 0 Å². The van der Waals surface area contributed by atoms with Crippen molar-refractivity contribution in [3.63, 3.8) is 0 Å². The van der Waals surface area contributed by atoms with Gasteiger partial charge in [0.1, 0.15) is 0 Å². The SMILES string of the molecule is O=Nc1ccc(N2CCN3CCCC3C2=O)cn1. The van der Waals surface area contributed by atoms with Crippen LogP contribution in [-0.4, -0.2) is 41.5 Å². The maximum atomic E-state index is 12.3. The summed E-state index contributed by atoms with van der Waals surface area (Å²) < 4.78 is 0. The van der Waals surface area contributed by atoms with Crippen molar-refractivity contribution in [3.05, 3.63) is 23.2 Å². The lowest BCUT2D eigenvalue weighted by Gasteiger charge is -2.36. The van der Waals surface area contributed by atoms with Crippen molar-refractivity contribution >= 4 is 17.4 Å². The summed E-state index contributed by atoms with van der Waals surface area (Å²) in [4.78, 5) is 30.5. The van der Waals surface area contributed by atoms with E-state index in [1.54, 1.807) is 17.2 Å². The fraction of sp³-hybridized carbons (Fsp3) is 0.500. The van der Waals surface area contributed by atoms with Crippen molar-refractivity contribution < 1.29 is 4.79 Å². The Labute approximate surface area is 105 Å². The van der Waals surface area contributed by atoms with E-state index in [9.17, 15) is 9.70 Å². The fourth-order valence-corrected chi connectivity index (χ4v) is 2.74. The molecule has 1 aromatic heterocycles. The molecule has 0 radical (unpaired) electrons. The average molecular weight is 246 g/mol. The minimum atomic E-state index is 0.0302. The van der Waals surface area contributed by atoms with E-state index >= 15 is 0 Å². The number of fused-ring (bicyclic) bond motifs is 1. The first-order chi connectivity index (χ1) is 8.79. The van der Waals surface area contributed by atoms with Crippen molar-refractivity contribution in [2.45, 2.75) is 18.9 Å². The summed E-state index contributed by atoms with van der Waals surface area (Å²) in [6.45, 7) is 2.62. The highest BCUT2D eigenvalue weighted by molar-refractivity contribution is 5.98. The lowest BCUT2D eigenvalue weighted by atomic mass is 10.1. The Morgan fingerprint density at radius 2 is 2.17 bits per heavy atom. The number of amides is 1. The predicted molar refractivity (Wildman–Crippen MR) is 66.6 cm³/mol. The number of hydrogen-bond donors (Lipinski definition) is 0. The van der Waals surface area contributed by atoms with Gasteiger partial charge in [-0.3, -0.25) is 9.69 Å². The number of piperazine rings is 1. The summed E-state index contributed by atoms with van der Waals surface area (Å²) in [6.07, 6.45) is 3.58. The lowest BCUT2D eigenvalue weighted by molar-refractivity contribution is -0.124. The summed E-state index contributed by atoms with van der Waals surface area (Å²) in [5.41, 5.74) is 0.749. The highest BCUT2D eigenvalue weighted by Crippen LogP contribution is 2.26. The van der Waals surface area contributed by atoms with E-state index in [1.165, 1.54) is 6.07 Å². The van der Waals surface area contributed by atoms with Gasteiger partial charge in [-0.2, -0.15) is 0 Å². The van der Waals surface area contributed by atoms with Gasteiger partial charge in [0.2, 0.25) is 5.91 Å². The zero-order chi connectivity index (χ0) is 12.5. The molecule has 94 valence electrons. The van der Waals surface area contributed by atoms with Gasteiger partial charge in [0.05, 0.1) is 17.9 Å². The van der Waals surface area contributed by atoms with E-state index in [1.807, 2.05) is 0 Å². The second-order valence-corrected chi connectivity index (χ2v) is 4.65. The second kappa shape index (κ2) is 4.45. The Morgan fingerprint density at radius 1 is 1.28 bits per heavy atom. The number of aromatic nitrogens is 1. The number of anilines is 1. The van der Waals surface area contributed by atoms with Gasteiger partial charge in [0.25, 0.3) is 0 Å². The van der Waals surface area contributed by atoms with Crippen molar-refractivity contribution in [2.75, 3.05) is 24.5 Å². The van der Waals surface area contributed by atoms with Gasteiger partial charge in [-0.15, -0.1) is 4.91 Å². The number of carbonyl (C=O) groups is 1. The molecule has 18 heavy (non-hydrogen) atoms. The molecule has 0 aliphatic carbocycles. The molecule has 1 aromatic rings. The number of hydrogen-bond acceptors (Lipinski definition) is 5. The molecule has 0 saturated carbocycles. The monoisotopic (exact) mass is 246 g/mol. The van der Waals surface area contributed by atoms with Crippen molar-refractivity contribution in [1.82, 2.24) is 9.88 Å². The molecule has 6 heteroatoms. The minimum absolute atomic E-state index is 0.0302. The van der Waals surface area contributed by atoms with Crippen molar-refractivity contribution in [1.29, 1.82) is 0 Å². The van der Waals surface area contributed by atoms with E-state index in [2.05, 4.69) is 15.1 Å². The fourth-order valence-electron chi connectivity index (χ4n) is 2.74. The molecule has 2 aliphatic heterocycles. The van der Waals surface area contributed by atoms with Gasteiger partial charge in [0, 0.05) is 13.1 Å². The zero-order valence-corrected chi connectivity index (χ0v) is 9.95. The van der Waals surface area contributed by atoms with Crippen LogP contribution in [0.1, 0.15) is 12.8 Å². The summed E-state index contributed by atoms with van der Waals surface area (Å²) in [6, 6.07) is 3.30. The van der Waals surface area contributed by atoms with Gasteiger partial charge in [0.15, 0.2) is 5.82 Å². The van der Waals surface area contributed by atoms with Crippen LogP contribution >= 0.6 is 0 Å². The predicted octanol–water partition coefficient (Wildman–Crippen LogP) is 1.29. The summed E-state index contributed by atoms with van der Waals surface area (Å²) in [7, 11) is 0. The molecule has 0 aromatic carbocycles. The van der Waals surface area contributed by atoms with Crippen LogP contribution < -0.4 is 4.90 Å². The Balaban J connectivity index is 1.83. The molecule has 0 N–H and O–H groups in total. The number of carbonyl (C=O) groups excluding carboxylic acids is 1. The van der Waals surface area contributed by atoms with E-state index in [0.717, 1.165) is 31.6 Å². The Morgan fingerprint density at radius 3 is 2.89 bits per heavy atom. The van der Waals surface area contributed by atoms with E-state index in [-0.39, 0.29) is 17.8 Å². The summed E-state index contributed by atoms with van der Waals surface area (Å²) in [5.74, 6) is 0.290. The van der Waals surface area contributed by atoms with E-state index in [0.29, 0.717) is 6.54 Å². The number of nitroso groups, excluding NO2 is 1. The molecule has 1 atom stereocenters. The van der Waals surface area contributed by atoms with Gasteiger partial charge in [-0.1, -0.05) is 0 Å². The molecule has 3 rings (SSSR count). The third kappa shape index (κ3) is 1.78. The largest absolute Gasteiger partial charge is 0.308 e. The van der Waals surface area contributed by atoms with Crippen molar-refractivity contribution in [3.8, 4) is 0 Å². The minimum Gasteiger partial charge on any atom is -0.308 e. The molecular weight excluding hydrogens is 232 g/mol. The van der Waals surface area contributed by atoms with Gasteiger partial charge in [-0.25, -0.2) is 4.98 Å². The van der Waals surface area contributed by atoms with Crippen LogP contribution in [0.2, 0.25) is 0 Å². The third-order valence-electron chi connectivity index (χ3n) is 3.66. The second-order valence-electron chi connectivity index (χ2n) is 4.65. The topological polar surface area (TPSA) is 65.9 Å². The van der Waals surface area contributed by atoms with Crippen LogP contribution in [0.15, 0.2) is 23.5 Å². The molecule has 2 saturated heterocycles. The Hall–Kier alpha value is -1.82. The molecule has 2 fully saturated rings. The molecule has 2 aliphatic rings. The van der Waals surface area contributed by atoms with Gasteiger partial charge < -0.3 is 4.90 Å². The van der Waals surface area contributed by atoms with Crippen LogP contribution in [0, 0.1) is 4.91 Å². The first kappa shape index (κ1) is 11.3. The van der Waals surface area contributed by atoms with Crippen LogP contribution in [0.3, 0.4) is 0 Å². The molecule has 6 nitrogen and oxygen atoms in total. The zero-order valence-electron chi connectivity index (χ0n) is 9.95. The van der Waals surface area contributed by atoms with Gasteiger partial charge >= 0.3 is 0 Å². The smallest absolute Gasteiger partial charge is 0.244 e. The maximum absolute atomic E-state index is 12.3. The number of rotatable bonds is 2. The number of nitrogens with zero attached hydrogens (tertiary/aromatic N) is 4. The van der Waals surface area contributed by atoms with Crippen molar-refractivity contribution in [2.24, 2.45) is 5.18 Å². The molecular formula is C12H14N4O2. The molecule has 0 spiro atoms. The van der Waals surface area contributed by atoms with Gasteiger partial charge in [-0.05, 0) is 36.7 Å². The lowest BCUT2D eigenvalue weighted by Crippen LogP contribution is -2.54. The van der Waals surface area contributed by atoms with Crippen LogP contribution in [0.4, 0.5) is 11.5 Å². The highest BCUT2D eigenvalue weighted by Gasteiger charge is 2.38. The average Bonchev–Trinajstić information content (AvgIpc) is 2.89. The highest BCUT2D eigenvalue weighted by atomic mass is 16.3. The van der Waals surface area contributed by atoms with Crippen LogP contribution in [0.25, 0.3) is 0 Å². The first-order valence-electron chi connectivity index (χ1n) is 6.14. The van der Waals surface area contributed by atoms with E-state index in [4.69, 9.17) is 0 Å². The number of pyridine rings is 1. The summed E-state index contributed by atoms with van der Waals surface area (Å²) >= 11 is 0. The normalized spacial score (nSPS) is 24.1. The standard InChI is InChI=1S/C12H14N4O2/c17-12-10-2-1-5-15(10)6-7-16(12)9-3-4-11(14-18)13-8-9/h3-4,8,10H,1-2,5-7H2. The maximum Gasteiger partial charge on any atom is 0.244 e. The summed E-state index contributed by atoms with van der Waals surface area (Å²) in [5, 5.41) is 2.76. The Kier molecular flexibility index (Phi) is 2.79. The Bertz CT molecular complexity index is 473. The van der Waals surface area contributed by atoms with Crippen LogP contribution in [0.5, 0.6) is 0 Å².